The Labute approximate surface area is 280 Å². The summed E-state index contributed by atoms with van der Waals surface area (Å²) in [7, 11) is 0. The monoisotopic (exact) mass is 601 g/mol. The number of fused-ring (bicyclic) bond motifs is 6. The summed E-state index contributed by atoms with van der Waals surface area (Å²) in [4.78, 5) is 0. The predicted octanol–water partition coefficient (Wildman–Crippen LogP) is 13.1. The van der Waals surface area contributed by atoms with Gasteiger partial charge in [0.05, 0.1) is 6.85 Å². The second-order valence-corrected chi connectivity index (χ2v) is 12.1. The van der Waals surface area contributed by atoms with Crippen LogP contribution in [0, 0.1) is 0 Å². The Kier molecular flexibility index (Phi) is 4.66. The molecule has 0 saturated carbocycles. The van der Waals surface area contributed by atoms with Crippen molar-refractivity contribution < 1.29 is 11.6 Å². The fraction of sp³-hybridized carbons (Fsp3) is 0. The van der Waals surface area contributed by atoms with Crippen LogP contribution in [-0.4, -0.2) is 0 Å². The minimum Gasteiger partial charge on any atom is -0.456 e. The molecule has 0 aromatic heterocycles. The van der Waals surface area contributed by atoms with Crippen molar-refractivity contribution in [2.24, 2.45) is 0 Å². The number of hydrogen-bond donors (Lipinski definition) is 0. The fourth-order valence-electron chi connectivity index (χ4n) is 7.32. The fourth-order valence-corrected chi connectivity index (χ4v) is 7.32. The molecule has 0 bridgehead atoms. The van der Waals surface area contributed by atoms with Gasteiger partial charge in [0, 0.05) is 10.9 Å². The van der Waals surface area contributed by atoms with Gasteiger partial charge in [-0.25, -0.2) is 0 Å². The van der Waals surface area contributed by atoms with Crippen LogP contribution in [-0.2, 0) is 0 Å². The van der Waals surface area contributed by atoms with E-state index < -0.39 is 6.04 Å². The van der Waals surface area contributed by atoms with Crippen molar-refractivity contribution in [1.29, 1.82) is 0 Å². The van der Waals surface area contributed by atoms with Gasteiger partial charge in [-0.05, 0) is 113 Å². The third-order valence-electron chi connectivity index (χ3n) is 9.49. The number of rotatable bonds is 3. The molecule has 0 spiro atoms. The lowest BCUT2D eigenvalue weighted by Gasteiger charge is -2.23. The van der Waals surface area contributed by atoms with Crippen molar-refractivity contribution in [3.63, 3.8) is 0 Å². The van der Waals surface area contributed by atoms with E-state index in [0.29, 0.717) is 11.3 Å². The van der Waals surface area contributed by atoms with Gasteiger partial charge in [-0.15, -0.1) is 0 Å². The van der Waals surface area contributed by atoms with E-state index in [2.05, 4.69) is 109 Å². The molecule has 0 amide bonds. The van der Waals surface area contributed by atoms with Crippen LogP contribution < -0.4 is 4.74 Å². The molecule has 1 aliphatic heterocycles. The molecule has 218 valence electrons. The smallest absolute Gasteiger partial charge is 0.135 e. The predicted molar refractivity (Wildman–Crippen MR) is 198 cm³/mol. The van der Waals surface area contributed by atoms with Gasteiger partial charge in [0.1, 0.15) is 11.5 Å². The van der Waals surface area contributed by atoms with E-state index in [9.17, 15) is 0 Å². The first-order valence-electron chi connectivity index (χ1n) is 18.3. The van der Waals surface area contributed by atoms with E-state index in [1.165, 1.54) is 37.9 Å². The summed E-state index contributed by atoms with van der Waals surface area (Å²) < 4.78 is 48.1. The first-order valence-corrected chi connectivity index (χ1v) is 15.8. The van der Waals surface area contributed by atoms with E-state index in [1.54, 1.807) is 6.07 Å². The van der Waals surface area contributed by atoms with E-state index >= 15 is 0 Å². The summed E-state index contributed by atoms with van der Waals surface area (Å²) in [6.45, 7) is 0. The molecular weight excluding hydrogens is 569 g/mol. The van der Waals surface area contributed by atoms with Crippen molar-refractivity contribution >= 4 is 43.1 Å². The highest BCUT2D eigenvalue weighted by Gasteiger charge is 2.22. The molecule has 9 aromatic rings. The highest BCUT2D eigenvalue weighted by atomic mass is 16.5. The molecule has 0 unspecified atom stereocenters. The van der Waals surface area contributed by atoms with Crippen LogP contribution in [0.1, 0.15) is 6.85 Å². The summed E-state index contributed by atoms with van der Waals surface area (Å²) in [5, 5.41) is 9.35. The summed E-state index contributed by atoms with van der Waals surface area (Å²) >= 11 is 0. The number of benzene rings is 9. The lowest BCUT2D eigenvalue weighted by atomic mass is 9.88. The lowest BCUT2D eigenvalue weighted by molar-refractivity contribution is 0.487. The molecule has 0 fully saturated rings. The van der Waals surface area contributed by atoms with Gasteiger partial charge >= 0.3 is 0 Å². The Morgan fingerprint density at radius 2 is 1.11 bits per heavy atom. The van der Waals surface area contributed by atoms with Crippen LogP contribution in [0.2, 0.25) is 0 Å². The third kappa shape index (κ3) is 4.10. The average Bonchev–Trinajstić information content (AvgIpc) is 3.18. The van der Waals surface area contributed by atoms with Gasteiger partial charge in [-0.1, -0.05) is 133 Å². The SMILES string of the molecule is [2H]c1c([2H])c([2H])c(-c2ccc3c(c2)-c2cc(-c4ccc(-c5c6ccccc6cc6c5ccc5ccccc56)cc4)cc4cccc(c24)O3)c([2H])c1[2H]. The minimum absolute atomic E-state index is 0.171. The molecule has 0 atom stereocenters. The molecule has 1 heterocycles. The lowest BCUT2D eigenvalue weighted by Crippen LogP contribution is -1.98. The molecule has 47 heavy (non-hydrogen) atoms. The van der Waals surface area contributed by atoms with Crippen molar-refractivity contribution in [3.05, 3.63) is 170 Å². The van der Waals surface area contributed by atoms with Crippen LogP contribution >= 0.6 is 0 Å². The first kappa shape index (κ1) is 21.5. The van der Waals surface area contributed by atoms with Crippen LogP contribution in [0.4, 0.5) is 0 Å². The van der Waals surface area contributed by atoms with E-state index in [0.717, 1.165) is 44.3 Å². The normalized spacial score (nSPS) is 13.5. The van der Waals surface area contributed by atoms with Crippen LogP contribution in [0.5, 0.6) is 11.5 Å². The van der Waals surface area contributed by atoms with Crippen molar-refractivity contribution in [2.75, 3.05) is 0 Å². The van der Waals surface area contributed by atoms with Crippen molar-refractivity contribution in [2.45, 2.75) is 0 Å². The largest absolute Gasteiger partial charge is 0.456 e. The van der Waals surface area contributed by atoms with Crippen LogP contribution in [0.15, 0.2) is 170 Å². The molecule has 1 heteroatoms. The number of hydrogen-bond acceptors (Lipinski definition) is 1. The van der Waals surface area contributed by atoms with Gasteiger partial charge < -0.3 is 4.74 Å². The maximum Gasteiger partial charge on any atom is 0.135 e. The van der Waals surface area contributed by atoms with Crippen LogP contribution in [0.25, 0.3) is 87.6 Å². The minimum atomic E-state index is -0.406. The summed E-state index contributed by atoms with van der Waals surface area (Å²) in [5.41, 5.74) is 6.96. The van der Waals surface area contributed by atoms with E-state index in [4.69, 9.17) is 11.6 Å². The first-order chi connectivity index (χ1) is 25.4. The topological polar surface area (TPSA) is 9.23 Å². The second kappa shape index (κ2) is 10.2. The quantitative estimate of drug-likeness (QED) is 0.145. The number of ether oxygens (including phenoxy) is 1. The Morgan fingerprint density at radius 1 is 0.383 bits per heavy atom. The maximum atomic E-state index is 8.59. The van der Waals surface area contributed by atoms with E-state index in [1.807, 2.05) is 24.3 Å². The highest BCUT2D eigenvalue weighted by Crippen LogP contribution is 2.49. The van der Waals surface area contributed by atoms with Gasteiger partial charge in [-0.3, -0.25) is 0 Å². The molecule has 0 aliphatic carbocycles. The molecule has 9 aromatic carbocycles. The summed E-state index contributed by atoms with van der Waals surface area (Å²) in [5.74, 6) is 1.41. The van der Waals surface area contributed by atoms with Gasteiger partial charge in [-0.2, -0.15) is 0 Å². The van der Waals surface area contributed by atoms with E-state index in [-0.39, 0.29) is 29.7 Å². The third-order valence-corrected chi connectivity index (χ3v) is 9.49. The van der Waals surface area contributed by atoms with Gasteiger partial charge in [0.2, 0.25) is 0 Å². The standard InChI is InChI=1S/C46H28O/c1-2-9-29(10-3-1)33-22-24-43-41(26-33)42-28-36(25-35-13-8-16-44(47-43)46(35)42)30-17-19-32(20-18-30)45-38-15-7-5-12-34(38)27-40-37-14-6-4-11-31(37)21-23-39(40)45/h1-28H/i1D,2D,3D,9D,10D. The maximum absolute atomic E-state index is 8.59. The Balaban J connectivity index is 1.13. The molecule has 1 aliphatic rings. The van der Waals surface area contributed by atoms with Crippen molar-refractivity contribution in [3.8, 4) is 56.0 Å². The molecule has 0 saturated heterocycles. The highest BCUT2D eigenvalue weighted by molar-refractivity contribution is 6.20. The summed E-state index contributed by atoms with van der Waals surface area (Å²) in [6.07, 6.45) is 0. The molecular formula is C46H28O. The zero-order valence-corrected chi connectivity index (χ0v) is 25.2. The van der Waals surface area contributed by atoms with Crippen LogP contribution in [0.3, 0.4) is 0 Å². The van der Waals surface area contributed by atoms with Gasteiger partial charge in [0.25, 0.3) is 0 Å². The average molecular weight is 602 g/mol. The van der Waals surface area contributed by atoms with Crippen molar-refractivity contribution in [1.82, 2.24) is 0 Å². The zero-order valence-electron chi connectivity index (χ0n) is 30.2. The zero-order chi connectivity index (χ0) is 35.2. The molecule has 1 nitrogen and oxygen atoms in total. The molecule has 0 N–H and O–H groups in total. The van der Waals surface area contributed by atoms with Gasteiger partial charge in [0.15, 0.2) is 0 Å². The second-order valence-electron chi connectivity index (χ2n) is 12.1. The summed E-state index contributed by atoms with van der Waals surface area (Å²) in [6, 6.07) is 47.0. The Morgan fingerprint density at radius 3 is 1.98 bits per heavy atom. The Bertz CT molecular complexity index is 2960. The Hall–Kier alpha value is -6.18. The molecule has 0 radical (unpaired) electrons. The molecule has 10 rings (SSSR count).